The van der Waals surface area contributed by atoms with Crippen LogP contribution in [0.4, 0.5) is 0 Å². The molecule has 0 saturated heterocycles. The first-order chi connectivity index (χ1) is 7.16. The van der Waals surface area contributed by atoms with Gasteiger partial charge >= 0.3 is 0 Å². The molecule has 0 aliphatic rings. The van der Waals surface area contributed by atoms with Crippen molar-refractivity contribution in [1.82, 2.24) is 10.2 Å². The predicted molar refractivity (Wildman–Crippen MR) is 69.2 cm³/mol. The van der Waals surface area contributed by atoms with E-state index in [2.05, 4.69) is 51.0 Å². The van der Waals surface area contributed by atoms with Crippen LogP contribution < -0.4 is 5.32 Å². The Morgan fingerprint density at radius 1 is 1.31 bits per heavy atom. The van der Waals surface area contributed by atoms with Gasteiger partial charge < -0.3 is 4.90 Å². The highest BCUT2D eigenvalue weighted by Gasteiger charge is 2.30. The summed E-state index contributed by atoms with van der Waals surface area (Å²) >= 11 is 0. The Bertz CT molecular complexity index is 249. The minimum Gasteiger partial charge on any atom is -0.300 e. The van der Waals surface area contributed by atoms with Gasteiger partial charge in [0.15, 0.2) is 0 Å². The fourth-order valence-electron chi connectivity index (χ4n) is 1.82. The minimum absolute atomic E-state index is 0.233. The summed E-state index contributed by atoms with van der Waals surface area (Å²) in [6.07, 6.45) is 0. The molecule has 0 spiro atoms. The molecule has 0 amide bonds. The molecule has 3 heteroatoms. The SMILES string of the molecule is CCNC(C)(C#N)CN(C)C(C)C(C)(C)C. The van der Waals surface area contributed by atoms with Crippen LogP contribution in [0.2, 0.25) is 0 Å². The zero-order valence-corrected chi connectivity index (χ0v) is 11.9. The number of nitriles is 1. The maximum atomic E-state index is 9.21. The van der Waals surface area contributed by atoms with Crippen molar-refractivity contribution in [3.63, 3.8) is 0 Å². The van der Waals surface area contributed by atoms with Crippen LogP contribution in [0.1, 0.15) is 41.5 Å². The van der Waals surface area contributed by atoms with Crippen LogP contribution in [0, 0.1) is 16.7 Å². The molecular weight excluding hydrogens is 198 g/mol. The zero-order valence-electron chi connectivity index (χ0n) is 11.9. The lowest BCUT2D eigenvalue weighted by Crippen LogP contribution is -2.53. The van der Waals surface area contributed by atoms with Gasteiger partial charge in [0.05, 0.1) is 6.07 Å². The second kappa shape index (κ2) is 5.65. The van der Waals surface area contributed by atoms with Crippen molar-refractivity contribution >= 4 is 0 Å². The largest absolute Gasteiger partial charge is 0.300 e. The molecule has 3 nitrogen and oxygen atoms in total. The molecule has 0 rings (SSSR count). The van der Waals surface area contributed by atoms with E-state index in [1.165, 1.54) is 0 Å². The minimum atomic E-state index is -0.455. The number of nitrogens with one attached hydrogen (secondary N) is 1. The molecule has 0 fully saturated rings. The third kappa shape index (κ3) is 4.51. The molecular formula is C13H27N3. The van der Waals surface area contributed by atoms with Crippen molar-refractivity contribution in [2.24, 2.45) is 5.41 Å². The average Bonchev–Trinajstić information content (AvgIpc) is 2.15. The summed E-state index contributed by atoms with van der Waals surface area (Å²) in [6, 6.07) is 2.81. The maximum absolute atomic E-state index is 9.21. The third-order valence-corrected chi connectivity index (χ3v) is 3.29. The lowest BCUT2D eigenvalue weighted by atomic mass is 9.86. The first-order valence-corrected chi connectivity index (χ1v) is 6.03. The van der Waals surface area contributed by atoms with Crippen molar-refractivity contribution in [3.8, 4) is 6.07 Å². The molecule has 1 N–H and O–H groups in total. The summed E-state index contributed by atoms with van der Waals surface area (Å²) in [5, 5.41) is 12.5. The van der Waals surface area contributed by atoms with Crippen LogP contribution in [-0.4, -0.2) is 36.6 Å². The summed E-state index contributed by atoms with van der Waals surface area (Å²) in [5.74, 6) is 0. The summed E-state index contributed by atoms with van der Waals surface area (Å²) < 4.78 is 0. The second-order valence-electron chi connectivity index (χ2n) is 5.93. The van der Waals surface area contributed by atoms with Gasteiger partial charge in [-0.3, -0.25) is 5.32 Å². The zero-order chi connectivity index (χ0) is 13.0. The smallest absolute Gasteiger partial charge is 0.116 e. The van der Waals surface area contributed by atoms with Gasteiger partial charge in [-0.15, -0.1) is 0 Å². The third-order valence-electron chi connectivity index (χ3n) is 3.29. The van der Waals surface area contributed by atoms with Gasteiger partial charge in [0.1, 0.15) is 5.54 Å². The van der Waals surface area contributed by atoms with Crippen LogP contribution in [0.15, 0.2) is 0 Å². The van der Waals surface area contributed by atoms with Crippen LogP contribution in [-0.2, 0) is 0 Å². The van der Waals surface area contributed by atoms with E-state index in [1.54, 1.807) is 0 Å². The van der Waals surface area contributed by atoms with Crippen molar-refractivity contribution in [2.75, 3.05) is 20.1 Å². The fourth-order valence-corrected chi connectivity index (χ4v) is 1.82. The topological polar surface area (TPSA) is 39.1 Å². The molecule has 0 saturated carbocycles. The molecule has 94 valence electrons. The molecule has 0 radical (unpaired) electrons. The number of likely N-dealkylation sites (N-methyl/N-ethyl adjacent to an activating group) is 2. The van der Waals surface area contributed by atoms with Crippen LogP contribution in [0.3, 0.4) is 0 Å². The van der Waals surface area contributed by atoms with E-state index in [4.69, 9.17) is 0 Å². The normalized spacial score (nSPS) is 17.9. The maximum Gasteiger partial charge on any atom is 0.116 e. The molecule has 0 aromatic carbocycles. The van der Waals surface area contributed by atoms with Gasteiger partial charge in [0.2, 0.25) is 0 Å². The Labute approximate surface area is 101 Å². The predicted octanol–water partition coefficient (Wildman–Crippen LogP) is 2.24. The number of hydrogen-bond acceptors (Lipinski definition) is 3. The van der Waals surface area contributed by atoms with E-state index in [1.807, 2.05) is 13.8 Å². The second-order valence-corrected chi connectivity index (χ2v) is 5.93. The van der Waals surface area contributed by atoms with Gasteiger partial charge in [-0.25, -0.2) is 0 Å². The van der Waals surface area contributed by atoms with Gasteiger partial charge in [-0.1, -0.05) is 27.7 Å². The Morgan fingerprint density at radius 3 is 2.12 bits per heavy atom. The van der Waals surface area contributed by atoms with E-state index < -0.39 is 5.54 Å². The molecule has 16 heavy (non-hydrogen) atoms. The fraction of sp³-hybridized carbons (Fsp3) is 0.923. The van der Waals surface area contributed by atoms with Crippen molar-refractivity contribution in [3.05, 3.63) is 0 Å². The van der Waals surface area contributed by atoms with Crippen LogP contribution in [0.5, 0.6) is 0 Å². The molecule has 0 aliphatic carbocycles. The highest BCUT2D eigenvalue weighted by molar-refractivity contribution is 5.06. The Morgan fingerprint density at radius 2 is 1.81 bits per heavy atom. The Kier molecular flexibility index (Phi) is 5.44. The molecule has 0 aromatic rings. The van der Waals surface area contributed by atoms with E-state index in [0.717, 1.165) is 13.1 Å². The summed E-state index contributed by atoms with van der Waals surface area (Å²) in [6.45, 7) is 14.5. The molecule has 0 aromatic heterocycles. The number of nitrogens with zero attached hydrogens (tertiary/aromatic N) is 2. The number of rotatable bonds is 5. The molecule has 0 heterocycles. The summed E-state index contributed by atoms with van der Waals surface area (Å²) in [5.41, 5.74) is -0.222. The van der Waals surface area contributed by atoms with Gasteiger partial charge in [-0.05, 0) is 32.9 Å². The first-order valence-electron chi connectivity index (χ1n) is 6.03. The highest BCUT2D eigenvalue weighted by atomic mass is 15.2. The van der Waals surface area contributed by atoms with Crippen molar-refractivity contribution in [1.29, 1.82) is 5.26 Å². The first kappa shape index (κ1) is 15.4. The molecule has 0 bridgehead atoms. The lowest BCUT2D eigenvalue weighted by Gasteiger charge is -2.38. The highest BCUT2D eigenvalue weighted by Crippen LogP contribution is 2.23. The molecule has 2 atom stereocenters. The summed E-state index contributed by atoms with van der Waals surface area (Å²) in [7, 11) is 2.09. The van der Waals surface area contributed by atoms with Gasteiger partial charge in [0.25, 0.3) is 0 Å². The summed E-state index contributed by atoms with van der Waals surface area (Å²) in [4.78, 5) is 2.26. The average molecular weight is 225 g/mol. The van der Waals surface area contributed by atoms with Crippen molar-refractivity contribution in [2.45, 2.75) is 53.1 Å². The van der Waals surface area contributed by atoms with Gasteiger partial charge in [-0.2, -0.15) is 5.26 Å². The van der Waals surface area contributed by atoms with E-state index >= 15 is 0 Å². The molecule has 0 aliphatic heterocycles. The monoisotopic (exact) mass is 225 g/mol. The van der Waals surface area contributed by atoms with E-state index in [9.17, 15) is 5.26 Å². The standard InChI is InChI=1S/C13H27N3/c1-8-15-13(6,9-14)10-16(7)11(2)12(3,4)5/h11,15H,8,10H2,1-7H3. The van der Waals surface area contributed by atoms with E-state index in [0.29, 0.717) is 6.04 Å². The lowest BCUT2D eigenvalue weighted by molar-refractivity contribution is 0.120. The van der Waals surface area contributed by atoms with E-state index in [-0.39, 0.29) is 5.41 Å². The van der Waals surface area contributed by atoms with Gasteiger partial charge in [0, 0.05) is 12.6 Å². The molecule has 2 unspecified atom stereocenters. The van der Waals surface area contributed by atoms with Crippen LogP contribution >= 0.6 is 0 Å². The van der Waals surface area contributed by atoms with Crippen molar-refractivity contribution < 1.29 is 0 Å². The Balaban J connectivity index is 4.55. The Hall–Kier alpha value is -0.590. The number of hydrogen-bond donors (Lipinski definition) is 1. The van der Waals surface area contributed by atoms with Crippen LogP contribution in [0.25, 0.3) is 0 Å². The quantitative estimate of drug-likeness (QED) is 0.780.